The Morgan fingerprint density at radius 1 is 1.17 bits per heavy atom. The third-order valence-corrected chi connectivity index (χ3v) is 3.73. The number of aryl methyl sites for hydroxylation is 1. The van der Waals surface area contributed by atoms with Crippen molar-refractivity contribution in [1.82, 2.24) is 15.3 Å². The lowest BCUT2D eigenvalue weighted by Crippen LogP contribution is -2.25. The van der Waals surface area contributed by atoms with Crippen molar-refractivity contribution in [2.75, 3.05) is 18.4 Å². The number of amides is 1. The van der Waals surface area contributed by atoms with E-state index >= 15 is 0 Å². The second-order valence-electron chi connectivity index (χ2n) is 4.92. The lowest BCUT2D eigenvalue weighted by atomic mass is 10.1. The number of nitrogens with zero attached hydrogens (tertiary/aromatic N) is 2. The monoisotopic (exact) mass is 352 g/mol. The van der Waals surface area contributed by atoms with Gasteiger partial charge < -0.3 is 10.6 Å². The molecule has 2 rings (SSSR count). The van der Waals surface area contributed by atoms with Gasteiger partial charge in [-0.2, -0.15) is 4.98 Å². The van der Waals surface area contributed by atoms with Gasteiger partial charge >= 0.3 is 0 Å². The Hall–Kier alpha value is -1.85. The Balaban J connectivity index is 1.72. The molecule has 0 spiro atoms. The van der Waals surface area contributed by atoms with Crippen molar-refractivity contribution in [1.29, 1.82) is 0 Å². The Bertz CT molecular complexity index is 662. The molecule has 1 aromatic heterocycles. The number of hydrogen-bond donors (Lipinski definition) is 2. The number of carbonyl (C=O) groups excluding carboxylic acids is 1. The number of carbonyl (C=O) groups is 1. The first kappa shape index (κ1) is 17.5. The van der Waals surface area contributed by atoms with Crippen LogP contribution in [0, 0.1) is 0 Å². The molecule has 0 fully saturated rings. The molecule has 7 heteroatoms. The first-order valence-electron chi connectivity index (χ1n) is 7.39. The molecule has 0 bridgehead atoms. The number of halogens is 2. The van der Waals surface area contributed by atoms with Crippen LogP contribution in [0.15, 0.2) is 30.5 Å². The number of anilines is 1. The molecule has 0 aliphatic carbocycles. The Morgan fingerprint density at radius 2 is 1.91 bits per heavy atom. The molecule has 1 amide bonds. The normalized spacial score (nSPS) is 10.4. The summed E-state index contributed by atoms with van der Waals surface area (Å²) in [5, 5.41) is 6.49. The molecule has 1 heterocycles. The lowest BCUT2D eigenvalue weighted by molar-refractivity contribution is 0.0953. The highest BCUT2D eigenvalue weighted by Crippen LogP contribution is 2.18. The third-order valence-electron chi connectivity index (χ3n) is 3.27. The number of benzene rings is 1. The van der Waals surface area contributed by atoms with Crippen molar-refractivity contribution in [3.05, 3.63) is 51.9 Å². The largest absolute Gasteiger partial charge is 0.369 e. The minimum atomic E-state index is -0.0734. The van der Waals surface area contributed by atoms with E-state index in [1.165, 1.54) is 11.8 Å². The van der Waals surface area contributed by atoms with E-state index in [-0.39, 0.29) is 11.2 Å². The summed E-state index contributed by atoms with van der Waals surface area (Å²) in [5.41, 5.74) is 1.88. The first-order chi connectivity index (χ1) is 11.1. The molecule has 0 atom stereocenters. The molecule has 2 N–H and O–H groups in total. The average Bonchev–Trinajstić information content (AvgIpc) is 2.57. The third kappa shape index (κ3) is 5.37. The van der Waals surface area contributed by atoms with Crippen LogP contribution >= 0.6 is 23.2 Å². The molecule has 122 valence electrons. The van der Waals surface area contributed by atoms with Gasteiger partial charge in [0.1, 0.15) is 10.8 Å². The van der Waals surface area contributed by atoms with E-state index in [2.05, 4.69) is 27.5 Å². The molecule has 0 aliphatic heterocycles. The fourth-order valence-electron chi connectivity index (χ4n) is 1.96. The SMILES string of the molecule is CCc1ccc(C(=O)NCCCNc2nc(Cl)ncc2Cl)cc1. The van der Waals surface area contributed by atoms with Crippen LogP contribution in [0.2, 0.25) is 10.3 Å². The van der Waals surface area contributed by atoms with Crippen molar-refractivity contribution < 1.29 is 4.79 Å². The van der Waals surface area contributed by atoms with Gasteiger partial charge in [-0.3, -0.25) is 4.79 Å². The molecule has 0 aliphatic rings. The Morgan fingerprint density at radius 3 is 2.61 bits per heavy atom. The van der Waals surface area contributed by atoms with Gasteiger partial charge in [-0.25, -0.2) is 4.98 Å². The van der Waals surface area contributed by atoms with Gasteiger partial charge in [-0.15, -0.1) is 0 Å². The number of hydrogen-bond acceptors (Lipinski definition) is 4. The molecule has 0 saturated heterocycles. The molecular formula is C16H18Cl2N4O. The molecule has 5 nitrogen and oxygen atoms in total. The van der Waals surface area contributed by atoms with Gasteiger partial charge in [-0.05, 0) is 42.1 Å². The van der Waals surface area contributed by atoms with Crippen LogP contribution < -0.4 is 10.6 Å². The predicted octanol–water partition coefficient (Wildman–Crippen LogP) is 3.58. The molecule has 2 aromatic rings. The quantitative estimate of drug-likeness (QED) is 0.590. The molecule has 0 unspecified atom stereocenters. The number of aromatic nitrogens is 2. The van der Waals surface area contributed by atoms with Crippen molar-refractivity contribution >= 4 is 34.9 Å². The van der Waals surface area contributed by atoms with Crippen LogP contribution in [0.5, 0.6) is 0 Å². The van der Waals surface area contributed by atoms with Gasteiger partial charge in [-0.1, -0.05) is 30.7 Å². The standard InChI is InChI=1S/C16H18Cl2N4O/c1-2-11-4-6-12(7-5-11)15(23)20-9-3-8-19-14-13(17)10-21-16(18)22-14/h4-7,10H,2-3,8-9H2,1H3,(H,20,23)(H,19,21,22). The van der Waals surface area contributed by atoms with Crippen molar-refractivity contribution in [2.45, 2.75) is 19.8 Å². The summed E-state index contributed by atoms with van der Waals surface area (Å²) in [7, 11) is 0. The highest BCUT2D eigenvalue weighted by Gasteiger charge is 2.05. The number of nitrogens with one attached hydrogen (secondary N) is 2. The maximum Gasteiger partial charge on any atom is 0.251 e. The van der Waals surface area contributed by atoms with Crippen molar-refractivity contribution in [3.63, 3.8) is 0 Å². The predicted molar refractivity (Wildman–Crippen MR) is 93.3 cm³/mol. The van der Waals surface area contributed by atoms with Gasteiger partial charge in [0, 0.05) is 18.7 Å². The van der Waals surface area contributed by atoms with E-state index in [0.29, 0.717) is 29.5 Å². The minimum absolute atomic E-state index is 0.0734. The fourth-order valence-corrected chi connectivity index (χ4v) is 2.25. The smallest absolute Gasteiger partial charge is 0.251 e. The zero-order valence-corrected chi connectivity index (χ0v) is 14.3. The van der Waals surface area contributed by atoms with Crippen LogP contribution in [0.1, 0.15) is 29.3 Å². The van der Waals surface area contributed by atoms with Crippen LogP contribution in [0.25, 0.3) is 0 Å². The minimum Gasteiger partial charge on any atom is -0.369 e. The molecule has 0 saturated carbocycles. The fraction of sp³-hybridized carbons (Fsp3) is 0.312. The lowest BCUT2D eigenvalue weighted by Gasteiger charge is -2.08. The van der Waals surface area contributed by atoms with Crippen molar-refractivity contribution in [3.8, 4) is 0 Å². The average molecular weight is 353 g/mol. The van der Waals surface area contributed by atoms with Crippen LogP contribution in [0.4, 0.5) is 5.82 Å². The van der Waals surface area contributed by atoms with E-state index in [1.54, 1.807) is 0 Å². The van der Waals surface area contributed by atoms with Crippen LogP contribution in [-0.2, 0) is 6.42 Å². The van der Waals surface area contributed by atoms with E-state index in [4.69, 9.17) is 23.2 Å². The van der Waals surface area contributed by atoms with Crippen LogP contribution in [-0.4, -0.2) is 29.0 Å². The van der Waals surface area contributed by atoms with E-state index in [9.17, 15) is 4.79 Å². The van der Waals surface area contributed by atoms with Gasteiger partial charge in [0.25, 0.3) is 5.91 Å². The van der Waals surface area contributed by atoms with Crippen molar-refractivity contribution in [2.24, 2.45) is 0 Å². The van der Waals surface area contributed by atoms with E-state index < -0.39 is 0 Å². The van der Waals surface area contributed by atoms with Gasteiger partial charge in [0.2, 0.25) is 5.28 Å². The zero-order chi connectivity index (χ0) is 16.7. The molecule has 1 aromatic carbocycles. The highest BCUT2D eigenvalue weighted by molar-refractivity contribution is 6.33. The molecule has 0 radical (unpaired) electrons. The maximum atomic E-state index is 12.0. The summed E-state index contributed by atoms with van der Waals surface area (Å²) in [4.78, 5) is 19.8. The van der Waals surface area contributed by atoms with E-state index in [0.717, 1.165) is 12.8 Å². The van der Waals surface area contributed by atoms with Gasteiger partial charge in [0.15, 0.2) is 0 Å². The summed E-state index contributed by atoms with van der Waals surface area (Å²) in [6.07, 6.45) is 3.14. The summed E-state index contributed by atoms with van der Waals surface area (Å²) in [6.45, 7) is 3.25. The van der Waals surface area contributed by atoms with Gasteiger partial charge in [0.05, 0.1) is 6.20 Å². The van der Waals surface area contributed by atoms with Crippen LogP contribution in [0.3, 0.4) is 0 Å². The number of rotatable bonds is 7. The highest BCUT2D eigenvalue weighted by atomic mass is 35.5. The second kappa shape index (κ2) is 8.70. The Kier molecular flexibility index (Phi) is 6.62. The van der Waals surface area contributed by atoms with E-state index in [1.807, 2.05) is 24.3 Å². The molecule has 23 heavy (non-hydrogen) atoms. The summed E-state index contributed by atoms with van der Waals surface area (Å²) >= 11 is 11.7. The Labute approximate surface area is 145 Å². The summed E-state index contributed by atoms with van der Waals surface area (Å²) in [5.74, 6) is 0.420. The topological polar surface area (TPSA) is 66.9 Å². The molecular weight excluding hydrogens is 335 g/mol. The zero-order valence-electron chi connectivity index (χ0n) is 12.8. The maximum absolute atomic E-state index is 12.0. The second-order valence-corrected chi connectivity index (χ2v) is 5.67. The first-order valence-corrected chi connectivity index (χ1v) is 8.14. The summed E-state index contributed by atoms with van der Waals surface area (Å²) in [6, 6.07) is 7.62. The summed E-state index contributed by atoms with van der Waals surface area (Å²) < 4.78 is 0.